The van der Waals surface area contributed by atoms with E-state index in [4.69, 9.17) is 24.9 Å². The Hall–Kier alpha value is -7.89. The molecule has 0 spiro atoms. The van der Waals surface area contributed by atoms with Crippen LogP contribution < -0.4 is 0 Å². The molecule has 0 unspecified atom stereocenters. The maximum absolute atomic E-state index is 5.33. The molecule has 0 saturated heterocycles. The molecule has 0 aliphatic heterocycles. The van der Waals surface area contributed by atoms with Gasteiger partial charge in [-0.05, 0) is 69.8 Å². The van der Waals surface area contributed by atoms with Gasteiger partial charge < -0.3 is 0 Å². The standard InChI is InChI=1S/C53H33N5/c1-5-13-34(14-6-1)46-29-27-44-47(54-46)30-26-43-45-33-41(25-28-48(45)55-50(49(43)44)35-15-7-2-8-16-35)39-21-22-40-32-42(24-23-38(40)31-39)53-57-51(36-17-9-3-10-18-36)56-52(58-53)37-19-11-4-12-20-37/h1-33H. The van der Waals surface area contributed by atoms with Crippen molar-refractivity contribution in [3.63, 3.8) is 0 Å². The summed E-state index contributed by atoms with van der Waals surface area (Å²) in [4.78, 5) is 25.2. The van der Waals surface area contributed by atoms with Gasteiger partial charge in [0.05, 0.1) is 22.4 Å². The third kappa shape index (κ3) is 6.03. The molecule has 0 aliphatic rings. The van der Waals surface area contributed by atoms with E-state index in [9.17, 15) is 0 Å². The van der Waals surface area contributed by atoms with Crippen LogP contribution in [0.3, 0.4) is 0 Å². The zero-order valence-electron chi connectivity index (χ0n) is 31.3. The highest BCUT2D eigenvalue weighted by molar-refractivity contribution is 6.21. The van der Waals surface area contributed by atoms with Gasteiger partial charge in [0.15, 0.2) is 17.5 Å². The van der Waals surface area contributed by atoms with Crippen molar-refractivity contribution in [3.8, 4) is 67.8 Å². The van der Waals surface area contributed by atoms with E-state index in [1.807, 2.05) is 72.8 Å². The normalized spacial score (nSPS) is 11.4. The minimum Gasteiger partial charge on any atom is -0.248 e. The van der Waals surface area contributed by atoms with Crippen molar-refractivity contribution in [2.24, 2.45) is 0 Å². The molecule has 3 aromatic heterocycles. The molecule has 58 heavy (non-hydrogen) atoms. The number of benzene rings is 8. The maximum Gasteiger partial charge on any atom is 0.164 e. The molecule has 270 valence electrons. The summed E-state index contributed by atoms with van der Waals surface area (Å²) in [5, 5.41) is 6.70. The number of pyridine rings is 2. The van der Waals surface area contributed by atoms with Crippen LogP contribution in [0.25, 0.3) is 111 Å². The van der Waals surface area contributed by atoms with Crippen molar-refractivity contribution in [1.82, 2.24) is 24.9 Å². The topological polar surface area (TPSA) is 64.5 Å². The van der Waals surface area contributed by atoms with E-state index in [1.54, 1.807) is 0 Å². The van der Waals surface area contributed by atoms with E-state index in [2.05, 4.69) is 127 Å². The zero-order valence-corrected chi connectivity index (χ0v) is 31.3. The van der Waals surface area contributed by atoms with Crippen LogP contribution >= 0.6 is 0 Å². The minimum atomic E-state index is 0.640. The van der Waals surface area contributed by atoms with Gasteiger partial charge in [-0.15, -0.1) is 0 Å². The molecular formula is C53H33N5. The van der Waals surface area contributed by atoms with Crippen molar-refractivity contribution in [2.75, 3.05) is 0 Å². The first-order valence-corrected chi connectivity index (χ1v) is 19.4. The lowest BCUT2D eigenvalue weighted by atomic mass is 9.94. The molecule has 5 heteroatoms. The van der Waals surface area contributed by atoms with Crippen LogP contribution in [-0.4, -0.2) is 24.9 Å². The Labute approximate surface area is 335 Å². The van der Waals surface area contributed by atoms with Gasteiger partial charge in [0.1, 0.15) is 0 Å². The monoisotopic (exact) mass is 739 g/mol. The van der Waals surface area contributed by atoms with E-state index in [-0.39, 0.29) is 0 Å². The lowest BCUT2D eigenvalue weighted by Gasteiger charge is -2.14. The van der Waals surface area contributed by atoms with Gasteiger partial charge >= 0.3 is 0 Å². The molecule has 0 amide bonds. The first-order chi connectivity index (χ1) is 28.7. The highest BCUT2D eigenvalue weighted by Crippen LogP contribution is 2.39. The molecule has 0 saturated carbocycles. The third-order valence-corrected chi connectivity index (χ3v) is 10.9. The molecule has 0 atom stereocenters. The van der Waals surface area contributed by atoms with E-state index < -0.39 is 0 Å². The number of fused-ring (bicyclic) bond motifs is 6. The molecular weight excluding hydrogens is 707 g/mol. The number of rotatable bonds is 6. The molecule has 8 aromatic carbocycles. The van der Waals surface area contributed by atoms with Crippen molar-refractivity contribution in [3.05, 3.63) is 200 Å². The Kier molecular flexibility index (Phi) is 8.07. The summed E-state index contributed by atoms with van der Waals surface area (Å²) in [5.74, 6) is 1.94. The van der Waals surface area contributed by atoms with Crippen LogP contribution in [0.4, 0.5) is 0 Å². The number of hydrogen-bond acceptors (Lipinski definition) is 5. The van der Waals surface area contributed by atoms with Gasteiger partial charge in [-0.3, -0.25) is 0 Å². The second-order valence-electron chi connectivity index (χ2n) is 14.5. The maximum atomic E-state index is 5.33. The van der Waals surface area contributed by atoms with Gasteiger partial charge in [-0.1, -0.05) is 158 Å². The smallest absolute Gasteiger partial charge is 0.164 e. The van der Waals surface area contributed by atoms with Crippen molar-refractivity contribution in [2.45, 2.75) is 0 Å². The fraction of sp³-hybridized carbons (Fsp3) is 0. The summed E-state index contributed by atoms with van der Waals surface area (Å²) < 4.78 is 0. The average molecular weight is 740 g/mol. The van der Waals surface area contributed by atoms with Crippen LogP contribution in [-0.2, 0) is 0 Å². The van der Waals surface area contributed by atoms with Gasteiger partial charge in [0.2, 0.25) is 0 Å². The largest absolute Gasteiger partial charge is 0.248 e. The van der Waals surface area contributed by atoms with Crippen molar-refractivity contribution in [1.29, 1.82) is 0 Å². The minimum absolute atomic E-state index is 0.640. The van der Waals surface area contributed by atoms with Crippen molar-refractivity contribution < 1.29 is 0 Å². The van der Waals surface area contributed by atoms with Crippen LogP contribution in [0.1, 0.15) is 0 Å². The average Bonchev–Trinajstić information content (AvgIpc) is 3.31. The first-order valence-electron chi connectivity index (χ1n) is 19.4. The van der Waals surface area contributed by atoms with Crippen LogP contribution in [0.15, 0.2) is 200 Å². The fourth-order valence-corrected chi connectivity index (χ4v) is 7.97. The first kappa shape index (κ1) is 33.4. The number of hydrogen-bond donors (Lipinski definition) is 0. The lowest BCUT2D eigenvalue weighted by Crippen LogP contribution is -2.00. The summed E-state index contributed by atoms with van der Waals surface area (Å²) >= 11 is 0. The van der Waals surface area contributed by atoms with Crippen LogP contribution in [0, 0.1) is 0 Å². The highest BCUT2D eigenvalue weighted by atomic mass is 15.0. The molecule has 0 aliphatic carbocycles. The Balaban J connectivity index is 1.01. The summed E-state index contributed by atoms with van der Waals surface area (Å²) in [6.07, 6.45) is 0. The Morgan fingerprint density at radius 1 is 0.259 bits per heavy atom. The van der Waals surface area contributed by atoms with E-state index in [0.29, 0.717) is 17.5 Å². The van der Waals surface area contributed by atoms with Gasteiger partial charge in [0.25, 0.3) is 0 Å². The van der Waals surface area contributed by atoms with Gasteiger partial charge in [-0.2, -0.15) is 0 Å². The Bertz CT molecular complexity index is 3260. The number of nitrogens with zero attached hydrogens (tertiary/aromatic N) is 5. The number of aromatic nitrogens is 5. The molecule has 11 aromatic rings. The fourth-order valence-electron chi connectivity index (χ4n) is 7.97. The predicted octanol–water partition coefficient (Wildman–Crippen LogP) is 13.3. The lowest BCUT2D eigenvalue weighted by molar-refractivity contribution is 1.07. The second-order valence-corrected chi connectivity index (χ2v) is 14.5. The highest BCUT2D eigenvalue weighted by Gasteiger charge is 2.17. The Morgan fingerprint density at radius 2 is 0.724 bits per heavy atom. The van der Waals surface area contributed by atoms with Gasteiger partial charge in [-0.25, -0.2) is 24.9 Å². The summed E-state index contributed by atoms with van der Waals surface area (Å²) in [6.45, 7) is 0. The molecule has 0 fully saturated rings. The quantitative estimate of drug-likeness (QED) is 0.159. The molecule has 11 rings (SSSR count). The molecule has 0 N–H and O–H groups in total. The third-order valence-electron chi connectivity index (χ3n) is 10.9. The molecule has 3 heterocycles. The van der Waals surface area contributed by atoms with E-state index in [0.717, 1.165) is 93.7 Å². The van der Waals surface area contributed by atoms with Gasteiger partial charge in [0, 0.05) is 44.0 Å². The molecule has 0 radical (unpaired) electrons. The summed E-state index contributed by atoms with van der Waals surface area (Å²) in [7, 11) is 0. The second kappa shape index (κ2) is 14.0. The summed E-state index contributed by atoms with van der Waals surface area (Å²) in [6, 6.07) is 69.4. The van der Waals surface area contributed by atoms with E-state index >= 15 is 0 Å². The Morgan fingerprint density at radius 3 is 1.36 bits per heavy atom. The SMILES string of the molecule is c1ccc(-c2ccc3c(ccc4c5cc(-c6ccc7cc(-c8nc(-c9ccccc9)nc(-c9ccccc9)n8)ccc7c6)ccc5nc(-c5ccccc5)c34)n2)cc1. The van der Waals surface area contributed by atoms with Crippen LogP contribution in [0.2, 0.25) is 0 Å². The van der Waals surface area contributed by atoms with Crippen molar-refractivity contribution >= 4 is 43.4 Å². The zero-order chi connectivity index (χ0) is 38.4. The van der Waals surface area contributed by atoms with Crippen LogP contribution in [0.5, 0.6) is 0 Å². The summed E-state index contributed by atoms with van der Waals surface area (Å²) in [5.41, 5.74) is 11.1. The van der Waals surface area contributed by atoms with E-state index in [1.165, 1.54) is 0 Å². The predicted molar refractivity (Wildman–Crippen MR) is 238 cm³/mol. The molecule has 5 nitrogen and oxygen atoms in total. The molecule has 0 bridgehead atoms.